The minimum absolute atomic E-state index is 0.00202. The predicted octanol–water partition coefficient (Wildman–Crippen LogP) is 6.11. The molecule has 2 aliphatic rings. The summed E-state index contributed by atoms with van der Waals surface area (Å²) in [6, 6.07) is 9.35. The standard InChI is InChI=1S/C35H49FN6O3/c1-8-42(22(2)3)33(43)30-15-24(36)11-14-28(30)29-16-27(17-32-31(29)19-38-40(32)7)41-20-26(21-41)37-18-23-9-12-25(13-10-23)39-34(44)45-35(4,5)6/h11,14-17,19,22-23,25-26,37H,8-10,12-13,18,20-21H2,1-7H3,(H,39,44). The molecular formula is C35H49FN6O3. The second kappa shape index (κ2) is 13.4. The number of carbonyl (C=O) groups is 2. The molecule has 0 unspecified atom stereocenters. The van der Waals surface area contributed by atoms with Crippen LogP contribution in [0.4, 0.5) is 14.9 Å². The van der Waals surface area contributed by atoms with Crippen LogP contribution in [0, 0.1) is 11.7 Å². The molecule has 3 aromatic rings. The number of nitrogens with one attached hydrogen (secondary N) is 2. The van der Waals surface area contributed by atoms with Crippen LogP contribution < -0.4 is 15.5 Å². The van der Waals surface area contributed by atoms with Gasteiger partial charge in [0.2, 0.25) is 0 Å². The zero-order valence-corrected chi connectivity index (χ0v) is 27.8. The molecule has 2 amide bonds. The van der Waals surface area contributed by atoms with Crippen LogP contribution in [0.25, 0.3) is 22.0 Å². The van der Waals surface area contributed by atoms with Crippen molar-refractivity contribution >= 4 is 28.6 Å². The normalized spacial score (nSPS) is 19.1. The van der Waals surface area contributed by atoms with Crippen molar-refractivity contribution in [3.05, 3.63) is 47.9 Å². The number of halogens is 1. The summed E-state index contributed by atoms with van der Waals surface area (Å²) in [7, 11) is 1.92. The number of rotatable bonds is 9. The first kappa shape index (κ1) is 32.7. The van der Waals surface area contributed by atoms with Crippen molar-refractivity contribution in [3.63, 3.8) is 0 Å². The Kier molecular flexibility index (Phi) is 9.72. The first-order valence-electron chi connectivity index (χ1n) is 16.4. The van der Waals surface area contributed by atoms with Gasteiger partial charge in [0.15, 0.2) is 0 Å². The van der Waals surface area contributed by atoms with E-state index in [1.54, 1.807) is 11.0 Å². The predicted molar refractivity (Wildman–Crippen MR) is 177 cm³/mol. The molecule has 5 rings (SSSR count). The smallest absolute Gasteiger partial charge is 0.407 e. The van der Waals surface area contributed by atoms with Crippen molar-refractivity contribution in [1.82, 2.24) is 25.3 Å². The Morgan fingerprint density at radius 3 is 2.42 bits per heavy atom. The zero-order valence-electron chi connectivity index (χ0n) is 27.8. The number of amides is 2. The van der Waals surface area contributed by atoms with Crippen LogP contribution in [-0.2, 0) is 11.8 Å². The summed E-state index contributed by atoms with van der Waals surface area (Å²) in [5.41, 5.74) is 3.51. The summed E-state index contributed by atoms with van der Waals surface area (Å²) in [5.74, 6) is -0.00616. The lowest BCUT2D eigenvalue weighted by Gasteiger charge is -2.42. The topological polar surface area (TPSA) is 91.7 Å². The van der Waals surface area contributed by atoms with E-state index in [2.05, 4.69) is 32.8 Å². The van der Waals surface area contributed by atoms with Gasteiger partial charge in [0.1, 0.15) is 11.4 Å². The lowest BCUT2D eigenvalue weighted by Crippen LogP contribution is -2.59. The first-order valence-corrected chi connectivity index (χ1v) is 16.4. The highest BCUT2D eigenvalue weighted by atomic mass is 19.1. The number of benzene rings is 2. The zero-order chi connectivity index (χ0) is 32.5. The number of fused-ring (bicyclic) bond motifs is 1. The summed E-state index contributed by atoms with van der Waals surface area (Å²) in [6.07, 6.45) is 5.59. The molecule has 1 aliphatic heterocycles. The van der Waals surface area contributed by atoms with E-state index in [0.29, 0.717) is 29.6 Å². The quantitative estimate of drug-likeness (QED) is 0.300. The van der Waals surface area contributed by atoms with E-state index in [4.69, 9.17) is 4.74 Å². The number of hydrogen-bond donors (Lipinski definition) is 2. The summed E-state index contributed by atoms with van der Waals surface area (Å²) in [5, 5.41) is 12.2. The van der Waals surface area contributed by atoms with Gasteiger partial charge >= 0.3 is 6.09 Å². The molecule has 45 heavy (non-hydrogen) atoms. The molecule has 2 fully saturated rings. The summed E-state index contributed by atoms with van der Waals surface area (Å²) in [4.78, 5) is 29.9. The van der Waals surface area contributed by atoms with Crippen LogP contribution in [0.2, 0.25) is 0 Å². The van der Waals surface area contributed by atoms with Crippen molar-refractivity contribution in [1.29, 1.82) is 0 Å². The van der Waals surface area contributed by atoms with Gasteiger partial charge in [0, 0.05) is 55.9 Å². The van der Waals surface area contributed by atoms with Gasteiger partial charge in [-0.2, -0.15) is 5.10 Å². The fourth-order valence-electron chi connectivity index (χ4n) is 6.60. The van der Waals surface area contributed by atoms with Gasteiger partial charge in [-0.1, -0.05) is 6.07 Å². The van der Waals surface area contributed by atoms with Gasteiger partial charge in [-0.3, -0.25) is 9.48 Å². The van der Waals surface area contributed by atoms with Crippen LogP contribution in [0.5, 0.6) is 0 Å². The maximum atomic E-state index is 14.5. The van der Waals surface area contributed by atoms with E-state index >= 15 is 0 Å². The molecule has 1 saturated heterocycles. The van der Waals surface area contributed by atoms with Gasteiger partial charge in [-0.15, -0.1) is 0 Å². The summed E-state index contributed by atoms with van der Waals surface area (Å²) in [6.45, 7) is 14.8. The molecule has 2 N–H and O–H groups in total. The number of aromatic nitrogens is 2. The molecule has 244 valence electrons. The molecule has 1 aromatic heterocycles. The Morgan fingerprint density at radius 1 is 1.07 bits per heavy atom. The molecule has 10 heteroatoms. The molecule has 2 aromatic carbocycles. The van der Waals surface area contributed by atoms with Crippen LogP contribution >= 0.6 is 0 Å². The lowest BCUT2D eigenvalue weighted by molar-refractivity contribution is 0.0486. The largest absolute Gasteiger partial charge is 0.444 e. The minimum atomic E-state index is -0.486. The molecule has 0 atom stereocenters. The van der Waals surface area contributed by atoms with Crippen LogP contribution in [0.15, 0.2) is 36.5 Å². The Balaban J connectivity index is 1.24. The number of anilines is 1. The van der Waals surface area contributed by atoms with E-state index in [0.717, 1.165) is 67.5 Å². The molecule has 0 bridgehead atoms. The van der Waals surface area contributed by atoms with E-state index in [9.17, 15) is 14.0 Å². The van der Waals surface area contributed by atoms with Gasteiger partial charge in [-0.25, -0.2) is 9.18 Å². The van der Waals surface area contributed by atoms with Crippen molar-refractivity contribution in [2.24, 2.45) is 13.0 Å². The maximum Gasteiger partial charge on any atom is 0.407 e. The van der Waals surface area contributed by atoms with E-state index < -0.39 is 11.4 Å². The third kappa shape index (κ3) is 7.60. The number of hydrogen-bond acceptors (Lipinski definition) is 6. The van der Waals surface area contributed by atoms with Crippen molar-refractivity contribution < 1.29 is 18.7 Å². The average molecular weight is 621 g/mol. The van der Waals surface area contributed by atoms with Crippen LogP contribution in [0.1, 0.15) is 77.6 Å². The highest BCUT2D eigenvalue weighted by Crippen LogP contribution is 2.37. The van der Waals surface area contributed by atoms with Crippen molar-refractivity contribution in [2.75, 3.05) is 31.1 Å². The summed E-state index contributed by atoms with van der Waals surface area (Å²) >= 11 is 0. The minimum Gasteiger partial charge on any atom is -0.444 e. The molecule has 1 aliphatic carbocycles. The third-order valence-electron chi connectivity index (χ3n) is 9.09. The highest BCUT2D eigenvalue weighted by molar-refractivity contribution is 6.06. The maximum absolute atomic E-state index is 14.5. The molecule has 2 heterocycles. The number of ether oxygens (including phenoxy) is 1. The average Bonchev–Trinajstić information content (AvgIpc) is 3.32. The number of alkyl carbamates (subject to hydrolysis) is 1. The van der Waals surface area contributed by atoms with Gasteiger partial charge in [-0.05, 0) is 115 Å². The highest BCUT2D eigenvalue weighted by Gasteiger charge is 2.31. The Bertz CT molecular complexity index is 1520. The number of nitrogens with zero attached hydrogens (tertiary/aromatic N) is 4. The molecule has 0 spiro atoms. The first-order chi connectivity index (χ1) is 21.3. The van der Waals surface area contributed by atoms with Crippen LogP contribution in [0.3, 0.4) is 0 Å². The monoisotopic (exact) mass is 620 g/mol. The lowest BCUT2D eigenvalue weighted by atomic mass is 9.85. The SMILES string of the molecule is CCN(C(=O)c1cc(F)ccc1-c1cc(N2CC(NCC3CCC(NC(=O)OC(C)(C)C)CC3)C2)cc2c1cnn2C)C(C)C. The Hall–Kier alpha value is -3.66. The van der Waals surface area contributed by atoms with E-state index in [-0.39, 0.29) is 24.1 Å². The molecule has 0 radical (unpaired) electrons. The second-order valence-electron chi connectivity index (χ2n) is 13.9. The number of aryl methyl sites for hydroxylation is 1. The molecule has 1 saturated carbocycles. The van der Waals surface area contributed by atoms with E-state index in [1.165, 1.54) is 12.1 Å². The van der Waals surface area contributed by atoms with E-state index in [1.807, 2.05) is 59.5 Å². The second-order valence-corrected chi connectivity index (χ2v) is 13.9. The fourth-order valence-corrected chi connectivity index (χ4v) is 6.60. The van der Waals surface area contributed by atoms with Gasteiger partial charge in [0.25, 0.3) is 5.91 Å². The molecule has 9 nitrogen and oxygen atoms in total. The molecular weight excluding hydrogens is 571 g/mol. The Labute approximate surface area is 266 Å². The Morgan fingerprint density at radius 2 is 1.78 bits per heavy atom. The third-order valence-corrected chi connectivity index (χ3v) is 9.09. The van der Waals surface area contributed by atoms with Gasteiger partial charge in [0.05, 0.1) is 17.3 Å². The van der Waals surface area contributed by atoms with Crippen LogP contribution in [-0.4, -0.2) is 76.6 Å². The van der Waals surface area contributed by atoms with Gasteiger partial charge < -0.3 is 25.2 Å². The summed E-state index contributed by atoms with van der Waals surface area (Å²) < 4.78 is 21.8. The fraction of sp³-hybridized carbons (Fsp3) is 0.571. The van der Waals surface area contributed by atoms with Crippen molar-refractivity contribution in [3.8, 4) is 11.1 Å². The number of carbonyl (C=O) groups excluding carboxylic acids is 2. The van der Waals surface area contributed by atoms with Crippen molar-refractivity contribution in [2.45, 2.75) is 91.0 Å².